The Bertz CT molecular complexity index is 4430. The van der Waals surface area contributed by atoms with Crippen LogP contribution in [0.25, 0.3) is 83.1 Å². The summed E-state index contributed by atoms with van der Waals surface area (Å²) >= 11 is 0. The second-order valence-corrected chi connectivity index (χ2v) is 21.6. The maximum absolute atomic E-state index is 2.55. The van der Waals surface area contributed by atoms with Crippen LogP contribution in [0.5, 0.6) is 0 Å². The Morgan fingerprint density at radius 2 is 0.500 bits per heavy atom. The average Bonchev–Trinajstić information content (AvgIpc) is 3.58. The molecule has 18 rings (SSSR count). The monoisotopic (exact) mass is 959 g/mol. The standard InChI is InChI=1S/C75H45N/c1-2-22-46(23-3-1)76-68-43-19-11-28-51(68)52-44-45-67-71(72(52)76)55-31-10-18-38-62(55)75(67,65-41-20-39-63-69(65)53-29-8-16-36-60(53)73(63)56-32-12-4-24-47(56)48-25-5-13-33-57(48)73)66-42-21-40-64-70(66)54-30-9-17-37-61(54)74(64)58-34-14-6-26-49(58)50-27-7-15-35-59(50)74/h1-45H. The van der Waals surface area contributed by atoms with Gasteiger partial charge in [0.25, 0.3) is 0 Å². The molecule has 0 bridgehead atoms. The van der Waals surface area contributed by atoms with Gasteiger partial charge < -0.3 is 4.57 Å². The van der Waals surface area contributed by atoms with Crippen molar-refractivity contribution in [2.24, 2.45) is 0 Å². The van der Waals surface area contributed by atoms with Crippen molar-refractivity contribution in [1.29, 1.82) is 0 Å². The minimum absolute atomic E-state index is 0.520. The highest BCUT2D eigenvalue weighted by Gasteiger charge is 2.58. The summed E-state index contributed by atoms with van der Waals surface area (Å²) in [5.74, 6) is 0. The molecule has 1 heterocycles. The molecule has 0 saturated heterocycles. The lowest BCUT2D eigenvalue weighted by Crippen LogP contribution is -2.32. The van der Waals surface area contributed by atoms with Crippen LogP contribution in [0.15, 0.2) is 273 Å². The predicted octanol–water partition coefficient (Wildman–Crippen LogP) is 17.8. The number of para-hydroxylation sites is 2. The fraction of sp³-hybridized carbons (Fsp3) is 0.0400. The first kappa shape index (κ1) is 40.9. The smallest absolute Gasteiger partial charge is 0.0726 e. The summed E-state index contributed by atoms with van der Waals surface area (Å²) in [5, 5.41) is 2.51. The first-order chi connectivity index (χ1) is 37.8. The van der Waals surface area contributed by atoms with E-state index in [1.807, 2.05) is 0 Å². The number of nitrogens with zero attached hydrogens (tertiary/aromatic N) is 1. The largest absolute Gasteiger partial charge is 0.309 e. The average molecular weight is 960 g/mol. The zero-order valence-corrected chi connectivity index (χ0v) is 41.4. The highest BCUT2D eigenvalue weighted by atomic mass is 15.0. The molecule has 0 N–H and O–H groups in total. The molecule has 2 spiro atoms. The molecule has 350 valence electrons. The van der Waals surface area contributed by atoms with E-state index in [-0.39, 0.29) is 0 Å². The van der Waals surface area contributed by atoms with E-state index in [1.165, 1.54) is 144 Å². The van der Waals surface area contributed by atoms with Gasteiger partial charge in [-0.3, -0.25) is 0 Å². The number of hydrogen-bond acceptors (Lipinski definition) is 0. The van der Waals surface area contributed by atoms with Gasteiger partial charge in [0.1, 0.15) is 0 Å². The molecule has 0 unspecified atom stereocenters. The normalized spacial score (nSPS) is 15.2. The molecule has 0 aliphatic heterocycles. The molecule has 76 heavy (non-hydrogen) atoms. The van der Waals surface area contributed by atoms with Crippen molar-refractivity contribution in [3.8, 4) is 61.3 Å². The van der Waals surface area contributed by atoms with Gasteiger partial charge in [-0.15, -0.1) is 0 Å². The Kier molecular flexibility index (Phi) is 7.74. The fourth-order valence-electron chi connectivity index (χ4n) is 16.3. The summed E-state index contributed by atoms with van der Waals surface area (Å²) in [6.07, 6.45) is 0. The van der Waals surface area contributed by atoms with Crippen LogP contribution in [0, 0.1) is 0 Å². The Morgan fingerprint density at radius 1 is 0.197 bits per heavy atom. The van der Waals surface area contributed by atoms with Crippen molar-refractivity contribution >= 4 is 21.8 Å². The molecule has 0 atom stereocenters. The lowest BCUT2D eigenvalue weighted by atomic mass is 9.62. The van der Waals surface area contributed by atoms with E-state index >= 15 is 0 Å². The summed E-state index contributed by atoms with van der Waals surface area (Å²) in [6, 6.07) is 105. The van der Waals surface area contributed by atoms with Crippen molar-refractivity contribution in [2.45, 2.75) is 16.2 Å². The Balaban J connectivity index is 1.06. The molecule has 12 aromatic carbocycles. The van der Waals surface area contributed by atoms with Gasteiger partial charge in [-0.05, 0) is 135 Å². The van der Waals surface area contributed by atoms with Crippen molar-refractivity contribution in [3.63, 3.8) is 0 Å². The summed E-state index contributed by atoms with van der Waals surface area (Å²) in [4.78, 5) is 0. The first-order valence-corrected chi connectivity index (χ1v) is 26.8. The van der Waals surface area contributed by atoms with E-state index in [0.29, 0.717) is 0 Å². The number of benzene rings is 12. The third kappa shape index (κ3) is 4.52. The van der Waals surface area contributed by atoms with Crippen LogP contribution >= 0.6 is 0 Å². The van der Waals surface area contributed by atoms with Crippen molar-refractivity contribution < 1.29 is 0 Å². The topological polar surface area (TPSA) is 4.93 Å². The lowest BCUT2D eigenvalue weighted by molar-refractivity contribution is 0.756. The molecule has 1 heteroatoms. The van der Waals surface area contributed by atoms with Crippen LogP contribution in [0.1, 0.15) is 66.8 Å². The second-order valence-electron chi connectivity index (χ2n) is 21.6. The zero-order chi connectivity index (χ0) is 49.5. The number of hydrogen-bond donors (Lipinski definition) is 0. The van der Waals surface area contributed by atoms with E-state index < -0.39 is 16.2 Å². The van der Waals surface area contributed by atoms with E-state index in [1.54, 1.807) is 0 Å². The quantitative estimate of drug-likeness (QED) is 0.166. The predicted molar refractivity (Wildman–Crippen MR) is 311 cm³/mol. The molecular formula is C75H45N. The van der Waals surface area contributed by atoms with Crippen LogP contribution < -0.4 is 0 Å². The van der Waals surface area contributed by atoms with Gasteiger partial charge in [0.2, 0.25) is 0 Å². The third-order valence-electron chi connectivity index (χ3n) is 18.7. The van der Waals surface area contributed by atoms with Gasteiger partial charge in [0.15, 0.2) is 0 Å². The molecule has 5 aliphatic rings. The summed E-state index contributed by atoms with van der Waals surface area (Å²) in [5.41, 5.74) is 30.8. The van der Waals surface area contributed by atoms with Crippen LogP contribution in [0.2, 0.25) is 0 Å². The highest BCUT2D eigenvalue weighted by molar-refractivity contribution is 6.17. The van der Waals surface area contributed by atoms with Crippen LogP contribution in [0.3, 0.4) is 0 Å². The molecule has 0 fully saturated rings. The van der Waals surface area contributed by atoms with E-state index in [0.717, 1.165) is 5.69 Å². The fourth-order valence-corrected chi connectivity index (χ4v) is 16.3. The van der Waals surface area contributed by atoms with Gasteiger partial charge in [0.05, 0.1) is 27.3 Å². The molecule has 1 aromatic heterocycles. The number of fused-ring (bicyclic) bond motifs is 27. The van der Waals surface area contributed by atoms with E-state index in [2.05, 4.69) is 278 Å². The molecular weight excluding hydrogens is 915 g/mol. The summed E-state index contributed by atoms with van der Waals surface area (Å²) in [7, 11) is 0. The minimum atomic E-state index is -0.818. The molecule has 0 radical (unpaired) electrons. The Labute approximate surface area is 441 Å². The van der Waals surface area contributed by atoms with Gasteiger partial charge in [-0.1, -0.05) is 255 Å². The Hall–Kier alpha value is -9.56. The van der Waals surface area contributed by atoms with Crippen molar-refractivity contribution in [3.05, 3.63) is 340 Å². The number of rotatable bonds is 3. The molecule has 5 aliphatic carbocycles. The molecule has 0 amide bonds. The molecule has 1 nitrogen and oxygen atoms in total. The lowest BCUT2D eigenvalue weighted by Gasteiger charge is -2.38. The van der Waals surface area contributed by atoms with Gasteiger partial charge in [0, 0.05) is 22.0 Å². The molecule has 13 aromatic rings. The van der Waals surface area contributed by atoms with Gasteiger partial charge in [-0.2, -0.15) is 0 Å². The van der Waals surface area contributed by atoms with Crippen molar-refractivity contribution in [1.82, 2.24) is 4.57 Å². The third-order valence-corrected chi connectivity index (χ3v) is 18.7. The summed E-state index contributed by atoms with van der Waals surface area (Å²) < 4.78 is 2.55. The first-order valence-electron chi connectivity index (χ1n) is 26.8. The van der Waals surface area contributed by atoms with Crippen LogP contribution in [0.4, 0.5) is 0 Å². The van der Waals surface area contributed by atoms with Gasteiger partial charge >= 0.3 is 0 Å². The van der Waals surface area contributed by atoms with Gasteiger partial charge in [-0.25, -0.2) is 0 Å². The SMILES string of the molecule is c1ccc(-n2c3ccccc3c3ccc4c(c32)-c2ccccc2C4(c2cccc3c2-c2ccccc2C32c3ccccc3-c3ccccc32)c2cccc3c2-c2ccccc2C32c3ccccc3-c3ccccc32)cc1. The molecule has 0 saturated carbocycles. The van der Waals surface area contributed by atoms with Crippen molar-refractivity contribution in [2.75, 3.05) is 0 Å². The zero-order valence-electron chi connectivity index (χ0n) is 41.4. The highest BCUT2D eigenvalue weighted by Crippen LogP contribution is 2.70. The van der Waals surface area contributed by atoms with Crippen LogP contribution in [-0.4, -0.2) is 4.57 Å². The number of aromatic nitrogens is 1. The Morgan fingerprint density at radius 3 is 0.934 bits per heavy atom. The van der Waals surface area contributed by atoms with E-state index in [4.69, 9.17) is 0 Å². The maximum atomic E-state index is 2.55. The minimum Gasteiger partial charge on any atom is -0.309 e. The summed E-state index contributed by atoms with van der Waals surface area (Å²) in [6.45, 7) is 0. The van der Waals surface area contributed by atoms with E-state index in [9.17, 15) is 0 Å². The maximum Gasteiger partial charge on any atom is 0.0726 e. The second kappa shape index (κ2) is 14.4. The van der Waals surface area contributed by atoms with Crippen LogP contribution in [-0.2, 0) is 16.2 Å².